The second-order valence-electron chi connectivity index (χ2n) is 5.56. The fourth-order valence-electron chi connectivity index (χ4n) is 2.09. The van der Waals surface area contributed by atoms with Crippen molar-refractivity contribution < 1.29 is 13.5 Å². The van der Waals surface area contributed by atoms with Crippen LogP contribution in [-0.2, 0) is 4.74 Å². The zero-order valence-corrected chi connectivity index (χ0v) is 11.8. The van der Waals surface area contributed by atoms with Crippen molar-refractivity contribution in [3.8, 4) is 0 Å². The summed E-state index contributed by atoms with van der Waals surface area (Å²) in [6.07, 6.45) is -0.257. The highest BCUT2D eigenvalue weighted by molar-refractivity contribution is 5.23. The predicted octanol–water partition coefficient (Wildman–Crippen LogP) is 2.92. The fraction of sp³-hybridized carbons (Fsp3) is 0.571. The number of hydrazine groups is 1. The first-order chi connectivity index (χ1) is 8.81. The minimum atomic E-state index is -0.887. The fourth-order valence-corrected chi connectivity index (χ4v) is 2.09. The monoisotopic (exact) mass is 272 g/mol. The zero-order valence-electron chi connectivity index (χ0n) is 11.8. The van der Waals surface area contributed by atoms with Crippen LogP contribution in [-0.4, -0.2) is 12.7 Å². The highest BCUT2D eigenvalue weighted by Crippen LogP contribution is 2.32. The van der Waals surface area contributed by atoms with Gasteiger partial charge in [0.05, 0.1) is 12.1 Å². The van der Waals surface area contributed by atoms with E-state index in [4.69, 9.17) is 10.6 Å². The van der Waals surface area contributed by atoms with Crippen molar-refractivity contribution in [3.63, 3.8) is 0 Å². The van der Waals surface area contributed by atoms with Gasteiger partial charge in [0, 0.05) is 6.61 Å². The van der Waals surface area contributed by atoms with E-state index in [9.17, 15) is 8.78 Å². The molecule has 0 heterocycles. The maximum absolute atomic E-state index is 13.3. The molecule has 3 N–H and O–H groups in total. The van der Waals surface area contributed by atoms with Crippen LogP contribution in [0.5, 0.6) is 0 Å². The lowest BCUT2D eigenvalue weighted by atomic mass is 9.82. The van der Waals surface area contributed by atoms with Crippen molar-refractivity contribution in [1.29, 1.82) is 0 Å². The van der Waals surface area contributed by atoms with Crippen LogP contribution in [0.15, 0.2) is 18.2 Å². The molecule has 108 valence electrons. The Kier molecular flexibility index (Phi) is 5.40. The predicted molar refractivity (Wildman–Crippen MR) is 71.3 cm³/mol. The van der Waals surface area contributed by atoms with Gasteiger partial charge >= 0.3 is 0 Å². The Morgan fingerprint density at radius 2 is 1.89 bits per heavy atom. The first-order valence-electron chi connectivity index (χ1n) is 6.34. The second-order valence-corrected chi connectivity index (χ2v) is 5.56. The number of ether oxygens (including phenoxy) is 1. The molecule has 1 aromatic rings. The molecule has 0 saturated carbocycles. The smallest absolute Gasteiger partial charge is 0.159 e. The van der Waals surface area contributed by atoms with Gasteiger partial charge in [-0.1, -0.05) is 26.8 Å². The van der Waals surface area contributed by atoms with Gasteiger partial charge < -0.3 is 4.74 Å². The lowest BCUT2D eigenvalue weighted by molar-refractivity contribution is -0.0367. The summed E-state index contributed by atoms with van der Waals surface area (Å²) >= 11 is 0. The number of rotatable bonds is 5. The standard InChI is InChI=1S/C14H22F2N2O/c1-5-19-13(14(2,3)4)12(18-17)9-6-7-10(15)11(16)8-9/h6-8,12-13,18H,5,17H2,1-4H3. The molecule has 0 aliphatic rings. The Hall–Kier alpha value is -1.04. The number of nitrogens with one attached hydrogen (secondary N) is 1. The molecule has 2 atom stereocenters. The number of hydrogen-bond donors (Lipinski definition) is 2. The van der Waals surface area contributed by atoms with Crippen LogP contribution in [0.2, 0.25) is 0 Å². The number of nitrogens with two attached hydrogens (primary N) is 1. The Morgan fingerprint density at radius 1 is 1.26 bits per heavy atom. The van der Waals surface area contributed by atoms with Gasteiger partial charge in [0.1, 0.15) is 0 Å². The van der Waals surface area contributed by atoms with Gasteiger partial charge in [-0.15, -0.1) is 0 Å². The van der Waals surface area contributed by atoms with Gasteiger partial charge in [-0.05, 0) is 30.0 Å². The van der Waals surface area contributed by atoms with Crippen molar-refractivity contribution in [2.75, 3.05) is 6.61 Å². The van der Waals surface area contributed by atoms with Crippen LogP contribution < -0.4 is 11.3 Å². The van der Waals surface area contributed by atoms with Crippen molar-refractivity contribution in [3.05, 3.63) is 35.4 Å². The van der Waals surface area contributed by atoms with E-state index in [1.54, 1.807) is 0 Å². The molecule has 0 fully saturated rings. The molecule has 0 aromatic heterocycles. The summed E-state index contributed by atoms with van der Waals surface area (Å²) in [7, 11) is 0. The van der Waals surface area contributed by atoms with Crippen molar-refractivity contribution >= 4 is 0 Å². The van der Waals surface area contributed by atoms with Gasteiger partial charge in [-0.3, -0.25) is 11.3 Å². The molecule has 0 spiro atoms. The summed E-state index contributed by atoms with van der Waals surface area (Å²) < 4.78 is 32.1. The Morgan fingerprint density at radius 3 is 2.32 bits per heavy atom. The lowest BCUT2D eigenvalue weighted by Crippen LogP contribution is -2.44. The summed E-state index contributed by atoms with van der Waals surface area (Å²) in [5.41, 5.74) is 3.01. The largest absolute Gasteiger partial charge is 0.376 e. The van der Waals surface area contributed by atoms with E-state index in [2.05, 4.69) is 5.43 Å². The van der Waals surface area contributed by atoms with Crippen LogP contribution in [0.25, 0.3) is 0 Å². The average molecular weight is 272 g/mol. The third-order valence-corrected chi connectivity index (χ3v) is 2.98. The molecule has 3 nitrogen and oxygen atoms in total. The molecule has 2 unspecified atom stereocenters. The highest BCUT2D eigenvalue weighted by Gasteiger charge is 2.33. The molecule has 0 aliphatic heterocycles. The van der Waals surface area contributed by atoms with Gasteiger partial charge in [-0.2, -0.15) is 0 Å². The van der Waals surface area contributed by atoms with Crippen LogP contribution in [0.4, 0.5) is 8.78 Å². The molecular formula is C14H22F2N2O. The lowest BCUT2D eigenvalue weighted by Gasteiger charge is -2.36. The molecule has 0 bridgehead atoms. The van der Waals surface area contributed by atoms with E-state index >= 15 is 0 Å². The minimum Gasteiger partial charge on any atom is -0.376 e. The molecule has 1 rings (SSSR count). The van der Waals surface area contributed by atoms with Crippen molar-refractivity contribution in [2.24, 2.45) is 11.3 Å². The van der Waals surface area contributed by atoms with Gasteiger partial charge in [-0.25, -0.2) is 8.78 Å². The topological polar surface area (TPSA) is 47.3 Å². The number of hydrogen-bond acceptors (Lipinski definition) is 3. The van der Waals surface area contributed by atoms with E-state index in [1.165, 1.54) is 6.07 Å². The number of halogens is 2. The van der Waals surface area contributed by atoms with E-state index in [-0.39, 0.29) is 11.5 Å². The molecule has 1 aromatic carbocycles. The average Bonchev–Trinajstić information content (AvgIpc) is 2.32. The first kappa shape index (κ1) is 16.0. The summed E-state index contributed by atoms with van der Waals surface area (Å²) in [5.74, 6) is 3.82. The Bertz CT molecular complexity index is 418. The Labute approximate surface area is 113 Å². The van der Waals surface area contributed by atoms with Crippen LogP contribution in [0.3, 0.4) is 0 Å². The molecule has 5 heteroatoms. The second kappa shape index (κ2) is 6.41. The SMILES string of the molecule is CCOC(C(NN)c1ccc(F)c(F)c1)C(C)(C)C. The zero-order chi connectivity index (χ0) is 14.6. The summed E-state index contributed by atoms with van der Waals surface area (Å²) in [4.78, 5) is 0. The quantitative estimate of drug-likeness (QED) is 0.640. The van der Waals surface area contributed by atoms with Crippen LogP contribution in [0.1, 0.15) is 39.3 Å². The summed E-state index contributed by atoms with van der Waals surface area (Å²) in [6.45, 7) is 8.44. The molecule has 0 radical (unpaired) electrons. The molecule has 19 heavy (non-hydrogen) atoms. The van der Waals surface area contributed by atoms with Gasteiger partial charge in [0.25, 0.3) is 0 Å². The maximum Gasteiger partial charge on any atom is 0.159 e. The summed E-state index contributed by atoms with van der Waals surface area (Å²) in [6, 6.07) is 3.36. The van der Waals surface area contributed by atoms with Crippen LogP contribution >= 0.6 is 0 Å². The van der Waals surface area contributed by atoms with E-state index in [0.717, 1.165) is 12.1 Å². The third-order valence-electron chi connectivity index (χ3n) is 2.98. The van der Waals surface area contributed by atoms with E-state index < -0.39 is 17.7 Å². The highest BCUT2D eigenvalue weighted by atomic mass is 19.2. The minimum absolute atomic E-state index is 0.197. The Balaban J connectivity index is 3.12. The molecule has 0 aliphatic carbocycles. The van der Waals surface area contributed by atoms with Gasteiger partial charge in [0.2, 0.25) is 0 Å². The van der Waals surface area contributed by atoms with E-state index in [0.29, 0.717) is 12.2 Å². The maximum atomic E-state index is 13.3. The van der Waals surface area contributed by atoms with Crippen LogP contribution in [0, 0.1) is 17.0 Å². The molecule has 0 saturated heterocycles. The summed E-state index contributed by atoms with van der Waals surface area (Å²) in [5, 5.41) is 0. The molecular weight excluding hydrogens is 250 g/mol. The molecule has 0 amide bonds. The van der Waals surface area contributed by atoms with E-state index in [1.807, 2.05) is 27.7 Å². The first-order valence-corrected chi connectivity index (χ1v) is 6.34. The van der Waals surface area contributed by atoms with Gasteiger partial charge in [0.15, 0.2) is 11.6 Å². The third kappa shape index (κ3) is 3.96. The normalized spacial score (nSPS) is 15.3. The number of benzene rings is 1. The van der Waals surface area contributed by atoms with Crippen molar-refractivity contribution in [1.82, 2.24) is 5.43 Å². The van der Waals surface area contributed by atoms with Crippen molar-refractivity contribution in [2.45, 2.75) is 39.8 Å².